The van der Waals surface area contributed by atoms with Gasteiger partial charge in [0.1, 0.15) is 22.1 Å². The number of rotatable bonds is 5. The quantitative estimate of drug-likeness (QED) is 0.507. The van der Waals surface area contributed by atoms with Crippen molar-refractivity contribution in [3.63, 3.8) is 0 Å². The lowest BCUT2D eigenvalue weighted by molar-refractivity contribution is 0.0691. The van der Waals surface area contributed by atoms with Crippen molar-refractivity contribution in [2.45, 2.75) is 4.90 Å². The fraction of sp³-hybridized carbons (Fsp3) is 0.182. The van der Waals surface area contributed by atoms with Gasteiger partial charge in [0.05, 0.1) is 17.8 Å². The summed E-state index contributed by atoms with van der Waals surface area (Å²) in [6, 6.07) is 10.6. The second-order valence-corrected chi connectivity index (χ2v) is 10.0. The maximum atomic E-state index is 13.5. The van der Waals surface area contributed by atoms with Gasteiger partial charge in [-0.1, -0.05) is 23.2 Å². The summed E-state index contributed by atoms with van der Waals surface area (Å²) in [6.45, 7) is 0.473. The van der Waals surface area contributed by atoms with E-state index in [4.69, 9.17) is 27.9 Å². The van der Waals surface area contributed by atoms with Gasteiger partial charge in [0.2, 0.25) is 10.0 Å². The van der Waals surface area contributed by atoms with Crippen molar-refractivity contribution in [3.8, 4) is 17.6 Å². The fourth-order valence-electron chi connectivity index (χ4n) is 3.42. The predicted molar refractivity (Wildman–Crippen MR) is 124 cm³/mol. The van der Waals surface area contributed by atoms with Crippen LogP contribution in [-0.2, 0) is 10.0 Å². The zero-order valence-corrected chi connectivity index (χ0v) is 19.9. The highest BCUT2D eigenvalue weighted by Crippen LogP contribution is 2.34. The third-order valence-electron chi connectivity index (χ3n) is 5.06. The number of sulfonamides is 1. The first kappa shape index (κ1) is 23.9. The summed E-state index contributed by atoms with van der Waals surface area (Å²) in [6.07, 6.45) is 4.25. The van der Waals surface area contributed by atoms with Crippen LogP contribution in [0, 0.1) is 11.3 Å². The largest absolute Gasteiger partial charge is 0.456 e. The van der Waals surface area contributed by atoms with Crippen molar-refractivity contribution in [1.82, 2.24) is 19.2 Å². The van der Waals surface area contributed by atoms with Crippen LogP contribution in [-0.4, -0.2) is 59.7 Å². The van der Waals surface area contributed by atoms with Crippen LogP contribution in [0.15, 0.2) is 59.9 Å². The Morgan fingerprint density at radius 1 is 1.03 bits per heavy atom. The first-order valence-electron chi connectivity index (χ1n) is 10.0. The lowest BCUT2D eigenvalue weighted by Crippen LogP contribution is -2.50. The van der Waals surface area contributed by atoms with E-state index in [1.807, 2.05) is 6.07 Å². The zero-order valence-electron chi connectivity index (χ0n) is 17.6. The molecule has 0 aliphatic carbocycles. The molecule has 1 aliphatic rings. The van der Waals surface area contributed by atoms with E-state index in [0.717, 1.165) is 0 Å². The molecule has 0 atom stereocenters. The molecular weight excluding hydrogens is 501 g/mol. The van der Waals surface area contributed by atoms with E-state index in [9.17, 15) is 18.5 Å². The minimum Gasteiger partial charge on any atom is -0.456 e. The Balaban J connectivity index is 1.58. The Bertz CT molecular complexity index is 1350. The van der Waals surface area contributed by atoms with Gasteiger partial charge in [-0.15, -0.1) is 0 Å². The van der Waals surface area contributed by atoms with Crippen molar-refractivity contribution in [2.24, 2.45) is 0 Å². The number of ether oxygens (including phenoxy) is 1. The number of hydrogen-bond acceptors (Lipinski definition) is 7. The lowest BCUT2D eigenvalue weighted by Gasteiger charge is -2.34. The Hall–Kier alpha value is -3.23. The van der Waals surface area contributed by atoms with Crippen LogP contribution in [0.4, 0.5) is 0 Å². The summed E-state index contributed by atoms with van der Waals surface area (Å²) in [5.41, 5.74) is 0.350. The first-order chi connectivity index (χ1) is 16.3. The molecule has 0 radical (unpaired) electrons. The molecule has 1 aliphatic heterocycles. The molecular formula is C22H17Cl2N5O4S. The molecule has 1 saturated heterocycles. The number of halogens is 2. The van der Waals surface area contributed by atoms with E-state index < -0.39 is 10.0 Å². The summed E-state index contributed by atoms with van der Waals surface area (Å²) < 4.78 is 34.1. The number of piperazine rings is 1. The van der Waals surface area contributed by atoms with E-state index >= 15 is 0 Å². The molecule has 1 fully saturated rings. The minimum absolute atomic E-state index is 0.0235. The molecule has 34 heavy (non-hydrogen) atoms. The van der Waals surface area contributed by atoms with Crippen molar-refractivity contribution in [3.05, 3.63) is 76.3 Å². The summed E-state index contributed by atoms with van der Waals surface area (Å²) in [5.74, 6) is -0.0491. The van der Waals surface area contributed by atoms with Crippen molar-refractivity contribution in [2.75, 3.05) is 26.2 Å². The molecule has 3 aromatic rings. The van der Waals surface area contributed by atoms with Gasteiger partial charge in [-0.3, -0.25) is 9.78 Å². The molecule has 2 heterocycles. The first-order valence-corrected chi connectivity index (χ1v) is 12.2. The van der Waals surface area contributed by atoms with Gasteiger partial charge >= 0.3 is 0 Å². The van der Waals surface area contributed by atoms with Crippen LogP contribution in [0.25, 0.3) is 0 Å². The van der Waals surface area contributed by atoms with Crippen LogP contribution < -0.4 is 4.74 Å². The van der Waals surface area contributed by atoms with Gasteiger partial charge in [0.25, 0.3) is 5.91 Å². The van der Waals surface area contributed by atoms with E-state index in [0.29, 0.717) is 10.0 Å². The number of nitrogens with zero attached hydrogens (tertiary/aromatic N) is 5. The summed E-state index contributed by atoms with van der Waals surface area (Å²) in [4.78, 5) is 21.8. The van der Waals surface area contributed by atoms with Gasteiger partial charge in [-0.25, -0.2) is 13.4 Å². The number of benzene rings is 2. The topological polar surface area (TPSA) is 116 Å². The van der Waals surface area contributed by atoms with Crippen LogP contribution in [0.2, 0.25) is 10.0 Å². The van der Waals surface area contributed by atoms with Crippen molar-refractivity contribution >= 4 is 39.1 Å². The Labute approximate surface area is 206 Å². The number of aromatic nitrogens is 2. The van der Waals surface area contributed by atoms with Gasteiger partial charge < -0.3 is 9.64 Å². The fourth-order valence-corrected chi connectivity index (χ4v) is 5.49. The van der Waals surface area contributed by atoms with Crippen LogP contribution in [0.5, 0.6) is 11.5 Å². The summed E-state index contributed by atoms with van der Waals surface area (Å²) in [5, 5.41) is 9.95. The number of carbonyl (C=O) groups excluding carboxylic acids is 1. The molecule has 0 N–H and O–H groups in total. The smallest absolute Gasteiger partial charge is 0.274 e. The average Bonchev–Trinajstić information content (AvgIpc) is 2.83. The Kier molecular flexibility index (Phi) is 7.00. The predicted octanol–water partition coefficient (Wildman–Crippen LogP) is 3.59. The standard InChI is InChI=1S/C22H17Cl2N5O4S/c23-16-10-17(24)12-18(11-16)33-20-2-1-15(13-25)9-21(20)34(31,32)29-7-5-28(6-8-29)22(30)19-14-26-3-4-27-19/h1-4,9-12,14H,5-8H2. The molecule has 0 unspecified atom stereocenters. The third kappa shape index (κ3) is 5.13. The van der Waals surface area contributed by atoms with Crippen LogP contribution in [0.3, 0.4) is 0 Å². The van der Waals surface area contributed by atoms with Crippen LogP contribution >= 0.6 is 23.2 Å². The number of hydrogen-bond donors (Lipinski definition) is 0. The van der Waals surface area contributed by atoms with E-state index in [1.54, 1.807) is 0 Å². The second-order valence-electron chi connectivity index (χ2n) is 7.27. The number of amides is 1. The maximum Gasteiger partial charge on any atom is 0.274 e. The highest BCUT2D eigenvalue weighted by atomic mass is 35.5. The monoisotopic (exact) mass is 517 g/mol. The maximum absolute atomic E-state index is 13.5. The van der Waals surface area contributed by atoms with Gasteiger partial charge in [0.15, 0.2) is 0 Å². The van der Waals surface area contributed by atoms with E-state index in [2.05, 4.69) is 9.97 Å². The number of nitriles is 1. The lowest BCUT2D eigenvalue weighted by atomic mass is 10.2. The molecule has 2 aromatic carbocycles. The van der Waals surface area contributed by atoms with Crippen LogP contribution in [0.1, 0.15) is 16.1 Å². The zero-order chi connectivity index (χ0) is 24.3. The summed E-state index contributed by atoms with van der Waals surface area (Å²) in [7, 11) is -4.05. The normalized spacial score (nSPS) is 14.4. The van der Waals surface area contributed by atoms with Crippen molar-refractivity contribution in [1.29, 1.82) is 5.26 Å². The Morgan fingerprint density at radius 2 is 1.74 bits per heavy atom. The van der Waals surface area contributed by atoms with Crippen molar-refractivity contribution < 1.29 is 17.9 Å². The molecule has 1 aromatic heterocycles. The van der Waals surface area contributed by atoms with E-state index in [-0.39, 0.29) is 59.7 Å². The minimum atomic E-state index is -4.05. The second kappa shape index (κ2) is 9.95. The van der Waals surface area contributed by atoms with E-state index in [1.165, 1.54) is 64.2 Å². The van der Waals surface area contributed by atoms with Gasteiger partial charge in [-0.2, -0.15) is 9.57 Å². The Morgan fingerprint density at radius 3 is 2.35 bits per heavy atom. The average molecular weight is 518 g/mol. The molecule has 12 heteroatoms. The van der Waals surface area contributed by atoms with Gasteiger partial charge in [0, 0.05) is 48.6 Å². The van der Waals surface area contributed by atoms with Gasteiger partial charge in [-0.05, 0) is 36.4 Å². The molecule has 0 saturated carbocycles. The molecule has 9 nitrogen and oxygen atoms in total. The molecule has 0 bridgehead atoms. The molecule has 0 spiro atoms. The highest BCUT2D eigenvalue weighted by molar-refractivity contribution is 7.89. The molecule has 174 valence electrons. The number of carbonyl (C=O) groups is 1. The third-order valence-corrected chi connectivity index (χ3v) is 7.42. The molecule has 1 amide bonds. The SMILES string of the molecule is N#Cc1ccc(Oc2cc(Cl)cc(Cl)c2)c(S(=O)(=O)N2CCN(C(=O)c3cnccn3)CC2)c1. The molecule has 4 rings (SSSR count). The summed E-state index contributed by atoms with van der Waals surface area (Å²) >= 11 is 12.0. The highest BCUT2D eigenvalue weighted by Gasteiger charge is 2.33.